The minimum absolute atomic E-state index is 0.0353. The van der Waals surface area contributed by atoms with E-state index in [0.29, 0.717) is 31.9 Å². The molecule has 0 saturated carbocycles. The highest BCUT2D eigenvalue weighted by atomic mass is 32.2. The molecule has 1 fully saturated rings. The van der Waals surface area contributed by atoms with E-state index in [4.69, 9.17) is 0 Å². The molecular weight excluding hydrogens is 383 g/mol. The first kappa shape index (κ1) is 17.1. The average Bonchev–Trinajstić information content (AvgIpc) is 3.34. The van der Waals surface area contributed by atoms with Crippen LogP contribution in [0.4, 0.5) is 10.1 Å². The zero-order valence-corrected chi connectivity index (χ0v) is 16.2. The number of thioether (sulfide) groups is 1. The molecule has 1 aromatic heterocycles. The summed E-state index contributed by atoms with van der Waals surface area (Å²) in [7, 11) is 0. The molecule has 5 nitrogen and oxygen atoms in total. The van der Waals surface area contributed by atoms with Crippen LogP contribution in [0.1, 0.15) is 11.6 Å². The molecule has 3 aliphatic heterocycles. The van der Waals surface area contributed by atoms with Crippen molar-refractivity contribution in [2.45, 2.75) is 10.3 Å². The summed E-state index contributed by atoms with van der Waals surface area (Å²) in [5.41, 5.74) is 5.99. The summed E-state index contributed by atoms with van der Waals surface area (Å²) in [5.74, 6) is 0.823. The molecule has 1 amide bonds. The van der Waals surface area contributed by atoms with Crippen molar-refractivity contribution in [1.82, 2.24) is 10.3 Å². The van der Waals surface area contributed by atoms with Gasteiger partial charge < -0.3 is 15.2 Å². The SMILES string of the molecule is O=C(C1=NNC2c3ccsc3SCC12)N1CCN(c2cccc(F)c2)CC1. The van der Waals surface area contributed by atoms with E-state index < -0.39 is 0 Å². The summed E-state index contributed by atoms with van der Waals surface area (Å²) in [5, 5.41) is 6.53. The van der Waals surface area contributed by atoms with Gasteiger partial charge in [-0.15, -0.1) is 23.1 Å². The summed E-state index contributed by atoms with van der Waals surface area (Å²) in [6, 6.07) is 8.89. The third kappa shape index (κ3) is 3.00. The molecule has 27 heavy (non-hydrogen) atoms. The van der Waals surface area contributed by atoms with Crippen LogP contribution in [0.25, 0.3) is 0 Å². The van der Waals surface area contributed by atoms with Crippen LogP contribution in [0.5, 0.6) is 0 Å². The Bertz CT molecular complexity index is 907. The molecule has 0 aliphatic carbocycles. The number of thiophene rings is 1. The number of carbonyl (C=O) groups excluding carboxylic acids is 1. The molecule has 5 rings (SSSR count). The smallest absolute Gasteiger partial charge is 0.270 e. The summed E-state index contributed by atoms with van der Waals surface area (Å²) in [6.45, 7) is 2.66. The number of piperazine rings is 1. The number of fused-ring (bicyclic) bond motifs is 3. The van der Waals surface area contributed by atoms with Crippen LogP contribution in [-0.4, -0.2) is 48.5 Å². The molecule has 8 heteroatoms. The van der Waals surface area contributed by atoms with Gasteiger partial charge in [-0.25, -0.2) is 4.39 Å². The number of hydrazone groups is 1. The second-order valence-corrected chi connectivity index (χ2v) is 9.15. The number of nitrogens with zero attached hydrogens (tertiary/aromatic N) is 3. The Labute approximate surface area is 165 Å². The Hall–Kier alpha value is -2.06. The lowest BCUT2D eigenvalue weighted by atomic mass is 9.92. The zero-order valence-electron chi connectivity index (χ0n) is 14.6. The van der Waals surface area contributed by atoms with Gasteiger partial charge in [-0.1, -0.05) is 6.07 Å². The number of nitrogens with one attached hydrogen (secondary N) is 1. The maximum absolute atomic E-state index is 13.5. The monoisotopic (exact) mass is 402 g/mol. The number of hydrogen-bond acceptors (Lipinski definition) is 6. The lowest BCUT2D eigenvalue weighted by Gasteiger charge is -2.36. The number of halogens is 1. The minimum atomic E-state index is -0.231. The quantitative estimate of drug-likeness (QED) is 0.839. The van der Waals surface area contributed by atoms with Crippen molar-refractivity contribution in [3.05, 3.63) is 47.1 Å². The molecule has 1 aromatic carbocycles. The number of amides is 1. The van der Waals surface area contributed by atoms with E-state index in [1.165, 1.54) is 15.8 Å². The fourth-order valence-electron chi connectivity index (χ4n) is 3.96. The third-order valence-corrected chi connectivity index (χ3v) is 7.81. The van der Waals surface area contributed by atoms with Gasteiger partial charge in [0.1, 0.15) is 11.5 Å². The lowest BCUT2D eigenvalue weighted by Crippen LogP contribution is -2.51. The minimum Gasteiger partial charge on any atom is -0.368 e. The van der Waals surface area contributed by atoms with E-state index in [1.807, 2.05) is 22.7 Å². The van der Waals surface area contributed by atoms with Gasteiger partial charge in [0.15, 0.2) is 0 Å². The highest BCUT2D eigenvalue weighted by Crippen LogP contribution is 2.45. The standard InChI is InChI=1S/C19H19FN4OS2/c20-12-2-1-3-13(10-12)23-5-7-24(8-6-23)18(25)17-15-11-27-19-14(4-9-26-19)16(15)21-22-17/h1-4,9-10,15-16,21H,5-8,11H2. The molecule has 140 valence electrons. The predicted octanol–water partition coefficient (Wildman–Crippen LogP) is 2.96. The van der Waals surface area contributed by atoms with Gasteiger partial charge >= 0.3 is 0 Å². The normalized spacial score (nSPS) is 24.1. The number of benzene rings is 1. The molecule has 2 atom stereocenters. The predicted molar refractivity (Wildman–Crippen MR) is 107 cm³/mol. The van der Waals surface area contributed by atoms with Gasteiger partial charge in [-0.2, -0.15) is 5.10 Å². The van der Waals surface area contributed by atoms with E-state index in [1.54, 1.807) is 23.5 Å². The first-order chi connectivity index (χ1) is 13.2. The van der Waals surface area contributed by atoms with Gasteiger partial charge in [-0.05, 0) is 29.6 Å². The molecule has 3 aliphatic rings. The largest absolute Gasteiger partial charge is 0.368 e. The zero-order chi connectivity index (χ0) is 18.4. The molecule has 0 spiro atoms. The number of anilines is 1. The topological polar surface area (TPSA) is 47.9 Å². The van der Waals surface area contributed by atoms with E-state index in [-0.39, 0.29) is 23.7 Å². The van der Waals surface area contributed by atoms with Crippen molar-refractivity contribution in [2.24, 2.45) is 11.0 Å². The molecule has 2 unspecified atom stereocenters. The van der Waals surface area contributed by atoms with Gasteiger partial charge in [0.05, 0.1) is 10.3 Å². The van der Waals surface area contributed by atoms with Gasteiger partial charge in [-0.3, -0.25) is 4.79 Å². The first-order valence-corrected chi connectivity index (χ1v) is 10.9. The Kier molecular flexibility index (Phi) is 4.32. The molecule has 4 heterocycles. The van der Waals surface area contributed by atoms with Crippen molar-refractivity contribution in [3.63, 3.8) is 0 Å². The fraction of sp³-hybridized carbons (Fsp3) is 0.368. The Morgan fingerprint density at radius 3 is 2.89 bits per heavy atom. The highest BCUT2D eigenvalue weighted by Gasteiger charge is 2.42. The summed E-state index contributed by atoms with van der Waals surface area (Å²) in [6.07, 6.45) is 0. The van der Waals surface area contributed by atoms with Crippen molar-refractivity contribution in [3.8, 4) is 0 Å². The van der Waals surface area contributed by atoms with Crippen molar-refractivity contribution in [2.75, 3.05) is 36.8 Å². The highest BCUT2D eigenvalue weighted by molar-refractivity contribution is 8.01. The molecule has 1 N–H and O–H groups in total. The van der Waals surface area contributed by atoms with Gasteiger partial charge in [0.2, 0.25) is 0 Å². The average molecular weight is 403 g/mol. The van der Waals surface area contributed by atoms with E-state index >= 15 is 0 Å². The van der Waals surface area contributed by atoms with Crippen molar-refractivity contribution >= 4 is 40.4 Å². The Morgan fingerprint density at radius 1 is 1.22 bits per heavy atom. The lowest BCUT2D eigenvalue weighted by molar-refractivity contribution is -0.124. The Morgan fingerprint density at radius 2 is 2.07 bits per heavy atom. The fourth-order valence-corrected chi connectivity index (χ4v) is 6.31. The van der Waals surface area contributed by atoms with Crippen molar-refractivity contribution in [1.29, 1.82) is 0 Å². The van der Waals surface area contributed by atoms with E-state index in [9.17, 15) is 9.18 Å². The van der Waals surface area contributed by atoms with E-state index in [0.717, 1.165) is 11.4 Å². The maximum atomic E-state index is 13.5. The van der Waals surface area contributed by atoms with Gasteiger partial charge in [0.25, 0.3) is 5.91 Å². The van der Waals surface area contributed by atoms with Crippen LogP contribution in [0.3, 0.4) is 0 Å². The molecule has 2 aromatic rings. The first-order valence-electron chi connectivity index (χ1n) is 9.04. The molecular formula is C19H19FN4OS2. The third-order valence-electron chi connectivity index (χ3n) is 5.42. The molecule has 0 radical (unpaired) electrons. The number of rotatable bonds is 2. The van der Waals surface area contributed by atoms with Crippen LogP contribution in [0, 0.1) is 11.7 Å². The van der Waals surface area contributed by atoms with Crippen LogP contribution in [0.15, 0.2) is 45.0 Å². The van der Waals surface area contributed by atoms with Crippen LogP contribution < -0.4 is 10.3 Å². The number of hydrogen-bond donors (Lipinski definition) is 1. The summed E-state index contributed by atoms with van der Waals surface area (Å²) < 4.78 is 14.8. The second-order valence-electron chi connectivity index (χ2n) is 6.94. The second kappa shape index (κ2) is 6.83. The van der Waals surface area contributed by atoms with E-state index in [2.05, 4.69) is 26.9 Å². The Balaban J connectivity index is 1.25. The van der Waals surface area contributed by atoms with Crippen LogP contribution in [-0.2, 0) is 4.79 Å². The van der Waals surface area contributed by atoms with Crippen LogP contribution in [0.2, 0.25) is 0 Å². The summed E-state index contributed by atoms with van der Waals surface area (Å²) in [4.78, 5) is 17.1. The maximum Gasteiger partial charge on any atom is 0.270 e. The number of carbonyl (C=O) groups is 1. The van der Waals surface area contributed by atoms with Crippen LogP contribution >= 0.6 is 23.1 Å². The van der Waals surface area contributed by atoms with Crippen molar-refractivity contribution < 1.29 is 9.18 Å². The molecule has 1 saturated heterocycles. The van der Waals surface area contributed by atoms with Gasteiger partial charge in [0, 0.05) is 49.1 Å². The molecule has 0 bridgehead atoms. The summed E-state index contributed by atoms with van der Waals surface area (Å²) >= 11 is 3.58.